The van der Waals surface area contributed by atoms with E-state index in [1.165, 1.54) is 50.5 Å². The van der Waals surface area contributed by atoms with Gasteiger partial charge in [-0.25, -0.2) is 4.98 Å². The number of hydrogen-bond donors (Lipinski definition) is 1. The fourth-order valence-corrected chi connectivity index (χ4v) is 3.16. The lowest BCUT2D eigenvalue weighted by molar-refractivity contribution is 0.426. The Morgan fingerprint density at radius 3 is 2.70 bits per heavy atom. The van der Waals surface area contributed by atoms with E-state index < -0.39 is 0 Å². The molecular formula is C16H24ClN3. The molecule has 4 heteroatoms. The van der Waals surface area contributed by atoms with Crippen LogP contribution in [0.4, 0.5) is 5.82 Å². The van der Waals surface area contributed by atoms with Crippen LogP contribution < -0.4 is 10.2 Å². The molecule has 0 saturated heterocycles. The molecule has 0 spiro atoms. The van der Waals surface area contributed by atoms with Crippen molar-refractivity contribution in [1.82, 2.24) is 10.3 Å². The highest BCUT2D eigenvalue weighted by atomic mass is 35.5. The maximum absolute atomic E-state index is 6.27. The topological polar surface area (TPSA) is 28.2 Å². The van der Waals surface area contributed by atoms with Gasteiger partial charge in [-0.1, -0.05) is 30.9 Å². The van der Waals surface area contributed by atoms with Crippen LogP contribution in [0.5, 0.6) is 0 Å². The first-order valence-corrected chi connectivity index (χ1v) is 8.22. The third-order valence-electron chi connectivity index (χ3n) is 4.56. The lowest BCUT2D eigenvalue weighted by Gasteiger charge is -2.32. The van der Waals surface area contributed by atoms with Gasteiger partial charge in [-0.2, -0.15) is 0 Å². The van der Waals surface area contributed by atoms with Crippen molar-refractivity contribution in [2.45, 2.75) is 63.6 Å². The van der Waals surface area contributed by atoms with Gasteiger partial charge in [0.25, 0.3) is 0 Å². The maximum atomic E-state index is 6.27. The predicted octanol–water partition coefficient (Wildman–Crippen LogP) is 3.76. The van der Waals surface area contributed by atoms with Crippen LogP contribution in [0.1, 0.15) is 50.5 Å². The summed E-state index contributed by atoms with van der Waals surface area (Å²) < 4.78 is 0. The molecule has 1 heterocycles. The molecule has 20 heavy (non-hydrogen) atoms. The van der Waals surface area contributed by atoms with Crippen molar-refractivity contribution in [2.24, 2.45) is 0 Å². The molecule has 3 nitrogen and oxygen atoms in total. The molecule has 0 atom stereocenters. The molecule has 110 valence electrons. The molecule has 1 N–H and O–H groups in total. The fourth-order valence-electron chi connectivity index (χ4n) is 2.99. The van der Waals surface area contributed by atoms with E-state index >= 15 is 0 Å². The van der Waals surface area contributed by atoms with Gasteiger partial charge in [0.2, 0.25) is 0 Å². The van der Waals surface area contributed by atoms with Crippen molar-refractivity contribution in [3.8, 4) is 0 Å². The van der Waals surface area contributed by atoms with E-state index in [1.807, 2.05) is 0 Å². The molecule has 0 unspecified atom stereocenters. The number of pyridine rings is 1. The van der Waals surface area contributed by atoms with E-state index in [1.54, 1.807) is 6.20 Å². The summed E-state index contributed by atoms with van der Waals surface area (Å²) in [6, 6.07) is 3.51. The van der Waals surface area contributed by atoms with E-state index in [0.717, 1.165) is 17.4 Å². The zero-order valence-corrected chi connectivity index (χ0v) is 13.0. The quantitative estimate of drug-likeness (QED) is 0.896. The number of nitrogens with zero attached hydrogens (tertiary/aromatic N) is 2. The van der Waals surface area contributed by atoms with Crippen LogP contribution in [0.2, 0.25) is 5.02 Å². The van der Waals surface area contributed by atoms with Crippen molar-refractivity contribution in [1.29, 1.82) is 0 Å². The first-order chi connectivity index (χ1) is 9.74. The average molecular weight is 294 g/mol. The molecule has 2 aliphatic carbocycles. The summed E-state index contributed by atoms with van der Waals surface area (Å²) >= 11 is 6.27. The van der Waals surface area contributed by atoms with Crippen LogP contribution in [0.15, 0.2) is 12.3 Å². The number of rotatable bonds is 5. The normalized spacial score (nSPS) is 20.1. The summed E-state index contributed by atoms with van der Waals surface area (Å²) in [5.41, 5.74) is 1.17. The van der Waals surface area contributed by atoms with Gasteiger partial charge < -0.3 is 10.2 Å². The highest BCUT2D eigenvalue weighted by Crippen LogP contribution is 2.27. The molecule has 1 aromatic rings. The summed E-state index contributed by atoms with van der Waals surface area (Å²) in [6.07, 6.45) is 11.1. The largest absolute Gasteiger partial charge is 0.357 e. The molecule has 3 rings (SSSR count). The van der Waals surface area contributed by atoms with Gasteiger partial charge >= 0.3 is 0 Å². The average Bonchev–Trinajstić information content (AvgIpc) is 3.31. The Labute approximate surface area is 126 Å². The highest BCUT2D eigenvalue weighted by Gasteiger charge is 2.22. The van der Waals surface area contributed by atoms with Gasteiger partial charge in [0.05, 0.1) is 5.02 Å². The van der Waals surface area contributed by atoms with Crippen LogP contribution in [0, 0.1) is 0 Å². The monoisotopic (exact) mass is 293 g/mol. The van der Waals surface area contributed by atoms with Crippen molar-refractivity contribution in [3.63, 3.8) is 0 Å². The zero-order valence-electron chi connectivity index (χ0n) is 12.2. The van der Waals surface area contributed by atoms with Gasteiger partial charge in [-0.05, 0) is 37.3 Å². The third kappa shape index (κ3) is 3.44. The van der Waals surface area contributed by atoms with E-state index in [-0.39, 0.29) is 0 Å². The number of aromatic nitrogens is 1. The predicted molar refractivity (Wildman–Crippen MR) is 84.4 cm³/mol. The molecule has 1 aromatic heterocycles. The summed E-state index contributed by atoms with van der Waals surface area (Å²) in [5.74, 6) is 1.06. The molecule has 0 aliphatic heterocycles. The van der Waals surface area contributed by atoms with Gasteiger partial charge in [-0.3, -0.25) is 0 Å². The Bertz CT molecular complexity index is 453. The van der Waals surface area contributed by atoms with E-state index in [2.05, 4.69) is 28.3 Å². The summed E-state index contributed by atoms with van der Waals surface area (Å²) in [7, 11) is 2.17. The Morgan fingerprint density at radius 2 is 2.00 bits per heavy atom. The third-order valence-corrected chi connectivity index (χ3v) is 4.90. The van der Waals surface area contributed by atoms with Gasteiger partial charge in [-0.15, -0.1) is 0 Å². The number of anilines is 1. The minimum atomic E-state index is 0.640. The Balaban J connectivity index is 1.69. The minimum Gasteiger partial charge on any atom is -0.357 e. The molecule has 0 radical (unpaired) electrons. The standard InChI is InChI=1S/C16H24ClN3/c1-20(14-5-3-2-4-6-14)16-9-12(15(17)11-19-16)10-18-13-7-8-13/h9,11,13-14,18H,2-8,10H2,1H3. The van der Waals surface area contributed by atoms with E-state index in [0.29, 0.717) is 12.1 Å². The van der Waals surface area contributed by atoms with Crippen molar-refractivity contribution < 1.29 is 0 Å². The van der Waals surface area contributed by atoms with Gasteiger partial charge in [0.15, 0.2) is 0 Å². The van der Waals surface area contributed by atoms with Gasteiger partial charge in [0.1, 0.15) is 5.82 Å². The second-order valence-electron chi connectivity index (χ2n) is 6.19. The Morgan fingerprint density at radius 1 is 1.25 bits per heavy atom. The first kappa shape index (κ1) is 14.2. The summed E-state index contributed by atoms with van der Waals surface area (Å²) in [4.78, 5) is 6.87. The molecule has 2 aliphatic rings. The second-order valence-corrected chi connectivity index (χ2v) is 6.60. The van der Waals surface area contributed by atoms with Crippen LogP contribution >= 0.6 is 11.6 Å². The van der Waals surface area contributed by atoms with Crippen molar-refractivity contribution >= 4 is 17.4 Å². The first-order valence-electron chi connectivity index (χ1n) is 7.84. The smallest absolute Gasteiger partial charge is 0.128 e. The SMILES string of the molecule is CN(c1cc(CNC2CC2)c(Cl)cn1)C1CCCCC1. The minimum absolute atomic E-state index is 0.640. The van der Waals surface area contributed by atoms with Crippen molar-refractivity contribution in [3.05, 3.63) is 22.8 Å². The number of hydrogen-bond acceptors (Lipinski definition) is 3. The number of nitrogens with one attached hydrogen (secondary N) is 1. The number of halogens is 1. The lowest BCUT2D eigenvalue weighted by Crippen LogP contribution is -2.34. The molecule has 0 bridgehead atoms. The van der Waals surface area contributed by atoms with Gasteiger partial charge in [0, 0.05) is 31.9 Å². The van der Waals surface area contributed by atoms with Crippen molar-refractivity contribution in [2.75, 3.05) is 11.9 Å². The van der Waals surface area contributed by atoms with Crippen LogP contribution in [0.3, 0.4) is 0 Å². The lowest BCUT2D eigenvalue weighted by atomic mass is 9.94. The second kappa shape index (κ2) is 6.31. The maximum Gasteiger partial charge on any atom is 0.128 e. The molecule has 0 amide bonds. The van der Waals surface area contributed by atoms with Crippen LogP contribution in [-0.2, 0) is 6.54 Å². The molecule has 0 aromatic carbocycles. The van der Waals surface area contributed by atoms with E-state index in [4.69, 9.17) is 11.6 Å². The summed E-state index contributed by atoms with van der Waals surface area (Å²) in [6.45, 7) is 0.859. The zero-order chi connectivity index (χ0) is 13.9. The molecular weight excluding hydrogens is 270 g/mol. The summed E-state index contributed by atoms with van der Waals surface area (Å²) in [5, 5.41) is 4.31. The molecule has 2 saturated carbocycles. The fraction of sp³-hybridized carbons (Fsp3) is 0.688. The highest BCUT2D eigenvalue weighted by molar-refractivity contribution is 6.31. The Kier molecular flexibility index (Phi) is 4.47. The van der Waals surface area contributed by atoms with Crippen LogP contribution in [0.25, 0.3) is 0 Å². The van der Waals surface area contributed by atoms with Crippen LogP contribution in [-0.4, -0.2) is 24.1 Å². The molecule has 2 fully saturated rings. The van der Waals surface area contributed by atoms with E-state index in [9.17, 15) is 0 Å². The Hall–Kier alpha value is -0.800.